The monoisotopic (exact) mass is 555 g/mol. The van der Waals surface area contributed by atoms with Crippen LogP contribution in [0.3, 0.4) is 0 Å². The number of alkyl halides is 3. The van der Waals surface area contributed by atoms with E-state index in [1.165, 1.54) is 18.2 Å². The summed E-state index contributed by atoms with van der Waals surface area (Å²) in [5, 5.41) is 12.4. The average molecular weight is 556 g/mol. The molecule has 4 N–H and O–H groups in total. The Morgan fingerprint density at radius 1 is 1.12 bits per heavy atom. The first kappa shape index (κ1) is 27.7. The predicted octanol–water partition coefficient (Wildman–Crippen LogP) is 5.06. The number of carbonyl (C=O) groups is 1. The summed E-state index contributed by atoms with van der Waals surface area (Å²) in [6.07, 6.45) is -4.95. The van der Waals surface area contributed by atoms with Gasteiger partial charge in [0.2, 0.25) is 17.9 Å². The maximum Gasteiger partial charge on any atom is 0.429 e. The number of nitrogens with zero attached hydrogens (tertiary/aromatic N) is 3. The number of hydrogen-bond acceptors (Lipinski definition) is 7. The lowest BCUT2D eigenvalue weighted by atomic mass is 9.76. The molecule has 2 fully saturated rings. The number of carboxylic acid groups (broad SMARTS) is 1. The van der Waals surface area contributed by atoms with Crippen LogP contribution in [0.25, 0.3) is 11.1 Å². The molecule has 2 aliphatic rings. The number of nitrogens with one attached hydrogen (secondary N) is 1. The van der Waals surface area contributed by atoms with Gasteiger partial charge in [0.1, 0.15) is 11.9 Å². The molecule has 0 radical (unpaired) electrons. The second-order valence-corrected chi connectivity index (χ2v) is 10.8. The van der Waals surface area contributed by atoms with E-state index in [4.69, 9.17) is 10.5 Å². The molecule has 2 aromatic carbocycles. The summed E-state index contributed by atoms with van der Waals surface area (Å²) >= 11 is 0. The quantitative estimate of drug-likeness (QED) is 0.387. The molecule has 0 bridgehead atoms. The Kier molecular flexibility index (Phi) is 7.34. The average Bonchev–Trinajstić information content (AvgIpc) is 3.31. The molecule has 11 heteroatoms. The molecule has 0 amide bonds. The molecule has 0 aliphatic carbocycles. The maximum absolute atomic E-state index is 14.2. The summed E-state index contributed by atoms with van der Waals surface area (Å²) in [6.45, 7) is 5.68. The maximum atomic E-state index is 14.2. The van der Waals surface area contributed by atoms with E-state index in [1.807, 2.05) is 36.9 Å². The van der Waals surface area contributed by atoms with Crippen molar-refractivity contribution in [1.29, 1.82) is 0 Å². The van der Waals surface area contributed by atoms with E-state index in [0.29, 0.717) is 31.9 Å². The van der Waals surface area contributed by atoms with Crippen LogP contribution in [-0.4, -0.2) is 52.9 Å². The van der Waals surface area contributed by atoms with Crippen molar-refractivity contribution in [2.45, 2.75) is 51.4 Å². The first-order valence-electron chi connectivity index (χ1n) is 13.2. The first-order valence-corrected chi connectivity index (χ1v) is 13.2. The standard InChI is InChI=1S/C29H32F3N5O3/c1-17-4-3-5-18(2)24(17)19-6-8-20(9-7-19)25(29(30,31)32)40-23-14-22(35-27(33)36-23)37-12-10-28(11-13-37)15-21(26(38)39)34-16-28/h3-9,14,21,25,34H,10-13,15-16H2,1-2H3,(H,38,39)(H2,33,35,36)/t21?,25-/m1/s1. The van der Waals surface area contributed by atoms with Crippen LogP contribution in [0.2, 0.25) is 0 Å². The third-order valence-corrected chi connectivity index (χ3v) is 8.03. The minimum Gasteiger partial charge on any atom is -0.480 e. The fourth-order valence-electron chi connectivity index (χ4n) is 5.87. The Balaban J connectivity index is 1.34. The summed E-state index contributed by atoms with van der Waals surface area (Å²) in [6, 6.07) is 12.9. The predicted molar refractivity (Wildman–Crippen MR) is 145 cm³/mol. The normalized spacial score (nSPS) is 19.5. The number of nitrogen functional groups attached to an aromatic ring is 1. The Bertz CT molecular complexity index is 1370. The van der Waals surface area contributed by atoms with Gasteiger partial charge in [-0.2, -0.15) is 23.1 Å². The number of ether oxygens (including phenoxy) is 1. The molecule has 2 saturated heterocycles. The molecule has 5 rings (SSSR count). The van der Waals surface area contributed by atoms with Crippen molar-refractivity contribution in [2.24, 2.45) is 5.41 Å². The van der Waals surface area contributed by atoms with Crippen LogP contribution < -0.4 is 20.7 Å². The molecule has 40 heavy (non-hydrogen) atoms. The van der Waals surface area contributed by atoms with Gasteiger partial charge in [-0.1, -0.05) is 42.5 Å². The van der Waals surface area contributed by atoms with Crippen molar-refractivity contribution in [2.75, 3.05) is 30.3 Å². The van der Waals surface area contributed by atoms with Crippen molar-refractivity contribution in [1.82, 2.24) is 15.3 Å². The number of rotatable bonds is 6. The fourth-order valence-corrected chi connectivity index (χ4v) is 5.87. The van der Waals surface area contributed by atoms with E-state index in [2.05, 4.69) is 15.3 Å². The van der Waals surface area contributed by atoms with Gasteiger partial charge in [-0.05, 0) is 60.8 Å². The molecule has 0 saturated carbocycles. The molecule has 1 aromatic heterocycles. The minimum atomic E-state index is -4.70. The topological polar surface area (TPSA) is 114 Å². The van der Waals surface area contributed by atoms with Crippen LogP contribution in [0.5, 0.6) is 5.88 Å². The zero-order valence-electron chi connectivity index (χ0n) is 22.3. The third kappa shape index (κ3) is 5.70. The first-order chi connectivity index (χ1) is 18.9. The molecular formula is C29H32F3N5O3. The molecule has 1 spiro atoms. The lowest BCUT2D eigenvalue weighted by Gasteiger charge is -2.39. The lowest BCUT2D eigenvalue weighted by Crippen LogP contribution is -2.41. The van der Waals surface area contributed by atoms with E-state index in [1.54, 1.807) is 12.1 Å². The lowest BCUT2D eigenvalue weighted by molar-refractivity contribution is -0.198. The second kappa shape index (κ2) is 10.6. The molecule has 212 valence electrons. The molecule has 3 heterocycles. The number of anilines is 2. The van der Waals surface area contributed by atoms with E-state index in [0.717, 1.165) is 35.1 Å². The summed E-state index contributed by atoms with van der Waals surface area (Å²) < 4.78 is 48.0. The highest BCUT2D eigenvalue weighted by molar-refractivity contribution is 5.74. The third-order valence-electron chi connectivity index (χ3n) is 8.03. The van der Waals surface area contributed by atoms with Gasteiger partial charge in [-0.3, -0.25) is 4.79 Å². The van der Waals surface area contributed by atoms with E-state index in [9.17, 15) is 23.1 Å². The molecule has 1 unspecified atom stereocenters. The number of aromatic nitrogens is 2. The smallest absolute Gasteiger partial charge is 0.429 e. The number of aryl methyl sites for hydroxylation is 2. The highest BCUT2D eigenvalue weighted by Gasteiger charge is 2.45. The largest absolute Gasteiger partial charge is 0.480 e. The number of benzene rings is 2. The second-order valence-electron chi connectivity index (χ2n) is 10.8. The van der Waals surface area contributed by atoms with E-state index < -0.39 is 24.3 Å². The van der Waals surface area contributed by atoms with Crippen LogP contribution in [0.1, 0.15) is 42.1 Å². The molecule has 8 nitrogen and oxygen atoms in total. The Morgan fingerprint density at radius 3 is 2.35 bits per heavy atom. The number of nitrogens with two attached hydrogens (primary N) is 1. The van der Waals surface area contributed by atoms with E-state index in [-0.39, 0.29) is 22.8 Å². The number of carboxylic acids is 1. The Morgan fingerprint density at radius 2 is 1.77 bits per heavy atom. The van der Waals surface area contributed by atoms with Crippen molar-refractivity contribution in [3.05, 3.63) is 65.2 Å². The van der Waals surface area contributed by atoms with Gasteiger partial charge >= 0.3 is 12.1 Å². The van der Waals surface area contributed by atoms with Gasteiger partial charge in [0.15, 0.2) is 0 Å². The van der Waals surface area contributed by atoms with E-state index >= 15 is 0 Å². The van der Waals surface area contributed by atoms with Crippen molar-refractivity contribution in [3.63, 3.8) is 0 Å². The van der Waals surface area contributed by atoms with Gasteiger partial charge in [0.05, 0.1) is 0 Å². The number of halogens is 3. The summed E-state index contributed by atoms with van der Waals surface area (Å²) in [5.74, 6) is -0.932. The Hall–Kier alpha value is -3.86. The molecule has 3 aromatic rings. The van der Waals surface area contributed by atoms with Gasteiger partial charge < -0.3 is 25.8 Å². The summed E-state index contributed by atoms with van der Waals surface area (Å²) in [4.78, 5) is 21.5. The van der Waals surface area contributed by atoms with Crippen LogP contribution in [0.15, 0.2) is 48.5 Å². The fraction of sp³-hybridized carbons (Fsp3) is 0.414. The molecule has 2 atom stereocenters. The Labute approximate surface area is 230 Å². The SMILES string of the molecule is Cc1cccc(C)c1-c1ccc([C@@H](Oc2cc(N3CCC4(CC3)CNC(C(=O)O)C4)nc(N)n2)C(F)(F)F)cc1. The van der Waals surface area contributed by atoms with Crippen molar-refractivity contribution >= 4 is 17.7 Å². The molecule has 2 aliphatic heterocycles. The van der Waals surface area contributed by atoms with Crippen LogP contribution in [0, 0.1) is 19.3 Å². The zero-order chi connectivity index (χ0) is 28.7. The van der Waals surface area contributed by atoms with Gasteiger partial charge in [-0.15, -0.1) is 0 Å². The number of piperidine rings is 1. The zero-order valence-corrected chi connectivity index (χ0v) is 22.3. The van der Waals surface area contributed by atoms with Crippen molar-refractivity contribution < 1.29 is 27.8 Å². The summed E-state index contributed by atoms with van der Waals surface area (Å²) in [7, 11) is 0. The van der Waals surface area contributed by atoms with Crippen LogP contribution in [0.4, 0.5) is 24.9 Å². The van der Waals surface area contributed by atoms with Crippen LogP contribution in [-0.2, 0) is 4.79 Å². The van der Waals surface area contributed by atoms with Crippen molar-refractivity contribution in [3.8, 4) is 17.0 Å². The highest BCUT2D eigenvalue weighted by atomic mass is 19.4. The van der Waals surface area contributed by atoms with Gasteiger partial charge in [0.25, 0.3) is 0 Å². The number of aliphatic carboxylic acids is 1. The molecular weight excluding hydrogens is 523 g/mol. The van der Waals surface area contributed by atoms with Gasteiger partial charge in [0, 0.05) is 31.3 Å². The number of hydrogen-bond donors (Lipinski definition) is 3. The highest BCUT2D eigenvalue weighted by Crippen LogP contribution is 2.41. The van der Waals surface area contributed by atoms with Crippen LogP contribution >= 0.6 is 0 Å². The minimum absolute atomic E-state index is 0.0529. The summed E-state index contributed by atoms with van der Waals surface area (Å²) in [5.41, 5.74) is 9.59. The van der Waals surface area contributed by atoms with Gasteiger partial charge in [-0.25, -0.2) is 0 Å².